The van der Waals surface area contributed by atoms with Gasteiger partial charge in [0.15, 0.2) is 0 Å². The molecule has 0 bridgehead atoms. The van der Waals surface area contributed by atoms with E-state index < -0.39 is 0 Å². The molecular formula is C12H18FNS. The highest BCUT2D eigenvalue weighted by Crippen LogP contribution is 2.13. The minimum absolute atomic E-state index is 0.136. The summed E-state index contributed by atoms with van der Waals surface area (Å²) in [4.78, 5) is 0. The number of anilines is 1. The van der Waals surface area contributed by atoms with Crippen LogP contribution in [0.4, 0.5) is 10.1 Å². The van der Waals surface area contributed by atoms with Gasteiger partial charge in [0.25, 0.3) is 0 Å². The lowest BCUT2D eigenvalue weighted by Crippen LogP contribution is -2.03. The zero-order chi connectivity index (χ0) is 11.1. The van der Waals surface area contributed by atoms with Gasteiger partial charge in [-0.2, -0.15) is 11.8 Å². The molecule has 0 unspecified atom stereocenters. The average molecular weight is 227 g/mol. The van der Waals surface area contributed by atoms with Gasteiger partial charge in [-0.15, -0.1) is 0 Å². The van der Waals surface area contributed by atoms with Gasteiger partial charge in [-0.3, -0.25) is 0 Å². The Bertz CT molecular complexity index is 302. The maximum Gasteiger partial charge on any atom is 0.128 e. The van der Waals surface area contributed by atoms with Crippen LogP contribution in [-0.2, 0) is 0 Å². The van der Waals surface area contributed by atoms with Crippen molar-refractivity contribution in [1.82, 2.24) is 0 Å². The summed E-state index contributed by atoms with van der Waals surface area (Å²) >= 11 is 1.93. The Morgan fingerprint density at radius 3 is 2.87 bits per heavy atom. The first-order valence-electron chi connectivity index (χ1n) is 5.32. The van der Waals surface area contributed by atoms with E-state index >= 15 is 0 Å². The molecule has 0 aliphatic heterocycles. The highest BCUT2D eigenvalue weighted by molar-refractivity contribution is 7.99. The number of halogens is 1. The Labute approximate surface area is 95.5 Å². The molecule has 0 aliphatic rings. The predicted octanol–water partition coefficient (Wildman–Crippen LogP) is 3.69. The quantitative estimate of drug-likeness (QED) is 0.744. The van der Waals surface area contributed by atoms with Gasteiger partial charge in [-0.05, 0) is 42.5 Å². The molecule has 1 N–H and O–H groups in total. The Kier molecular flexibility index (Phi) is 5.54. The van der Waals surface area contributed by atoms with E-state index in [2.05, 4.69) is 12.2 Å². The van der Waals surface area contributed by atoms with Crippen molar-refractivity contribution in [3.05, 3.63) is 29.6 Å². The van der Waals surface area contributed by atoms with Crippen molar-refractivity contribution < 1.29 is 4.39 Å². The molecular weight excluding hydrogens is 209 g/mol. The van der Waals surface area contributed by atoms with E-state index in [9.17, 15) is 4.39 Å². The second-order valence-corrected chi connectivity index (χ2v) is 4.84. The van der Waals surface area contributed by atoms with Gasteiger partial charge in [-0.25, -0.2) is 4.39 Å². The number of rotatable bonds is 6. The number of nitrogens with one attached hydrogen (secondary N) is 1. The molecule has 84 valence electrons. The predicted molar refractivity (Wildman–Crippen MR) is 67.2 cm³/mol. The van der Waals surface area contributed by atoms with Gasteiger partial charge in [0.2, 0.25) is 0 Å². The van der Waals surface area contributed by atoms with Crippen LogP contribution in [0.15, 0.2) is 18.2 Å². The Hall–Kier alpha value is -0.700. The minimum Gasteiger partial charge on any atom is -0.385 e. The summed E-state index contributed by atoms with van der Waals surface area (Å²) in [5.41, 5.74) is 1.57. The van der Waals surface area contributed by atoms with Crippen molar-refractivity contribution in [1.29, 1.82) is 0 Å². The van der Waals surface area contributed by atoms with Gasteiger partial charge in [0, 0.05) is 12.2 Å². The lowest BCUT2D eigenvalue weighted by atomic mass is 10.2. The van der Waals surface area contributed by atoms with Gasteiger partial charge in [0.1, 0.15) is 5.82 Å². The Morgan fingerprint density at radius 1 is 1.40 bits per heavy atom. The summed E-state index contributed by atoms with van der Waals surface area (Å²) in [5, 5.41) is 3.22. The van der Waals surface area contributed by atoms with E-state index in [1.807, 2.05) is 17.8 Å². The number of thioether (sulfide) groups is 1. The van der Waals surface area contributed by atoms with Crippen molar-refractivity contribution in [3.8, 4) is 0 Å². The lowest BCUT2D eigenvalue weighted by molar-refractivity contribution is 0.619. The third-order valence-corrected chi connectivity index (χ3v) is 3.16. The first-order valence-corrected chi connectivity index (χ1v) is 6.47. The fourth-order valence-electron chi connectivity index (χ4n) is 1.25. The van der Waals surface area contributed by atoms with E-state index in [-0.39, 0.29) is 5.82 Å². The summed E-state index contributed by atoms with van der Waals surface area (Å²) < 4.78 is 13.2. The van der Waals surface area contributed by atoms with Crippen LogP contribution in [0.2, 0.25) is 0 Å². The summed E-state index contributed by atoms with van der Waals surface area (Å²) in [6, 6.07) is 5.28. The van der Waals surface area contributed by atoms with Crippen LogP contribution in [0.1, 0.15) is 18.9 Å². The van der Waals surface area contributed by atoms with Crippen LogP contribution in [0.25, 0.3) is 0 Å². The smallest absolute Gasteiger partial charge is 0.128 e. The topological polar surface area (TPSA) is 12.0 Å². The molecule has 1 nitrogen and oxygen atoms in total. The minimum atomic E-state index is -0.136. The molecule has 1 rings (SSSR count). The Balaban J connectivity index is 2.28. The zero-order valence-corrected chi connectivity index (χ0v) is 10.2. The second kappa shape index (κ2) is 6.72. The van der Waals surface area contributed by atoms with Crippen LogP contribution in [-0.4, -0.2) is 18.1 Å². The van der Waals surface area contributed by atoms with Gasteiger partial charge in [-0.1, -0.05) is 13.0 Å². The molecule has 0 saturated carbocycles. The molecule has 0 saturated heterocycles. The number of benzene rings is 1. The standard InChI is InChI=1S/C12H18FNS/c1-3-15-8-4-7-14-11-6-5-10(2)12(13)9-11/h5-6,9,14H,3-4,7-8H2,1-2H3. The SMILES string of the molecule is CCSCCCNc1ccc(C)c(F)c1. The fraction of sp³-hybridized carbons (Fsp3) is 0.500. The maximum atomic E-state index is 13.2. The summed E-state index contributed by atoms with van der Waals surface area (Å²) in [7, 11) is 0. The number of hydrogen-bond acceptors (Lipinski definition) is 2. The van der Waals surface area contributed by atoms with E-state index in [1.54, 1.807) is 19.1 Å². The van der Waals surface area contributed by atoms with Crippen LogP contribution in [0.5, 0.6) is 0 Å². The van der Waals surface area contributed by atoms with E-state index in [0.717, 1.165) is 24.4 Å². The molecule has 1 aromatic carbocycles. The first-order chi connectivity index (χ1) is 7.24. The average Bonchev–Trinajstić information content (AvgIpc) is 2.23. The lowest BCUT2D eigenvalue weighted by Gasteiger charge is -2.06. The third kappa shape index (κ3) is 4.56. The molecule has 3 heteroatoms. The molecule has 0 fully saturated rings. The highest BCUT2D eigenvalue weighted by Gasteiger charge is 1.98. The van der Waals surface area contributed by atoms with Crippen LogP contribution >= 0.6 is 11.8 Å². The first kappa shape index (κ1) is 12.4. The molecule has 0 heterocycles. The number of hydrogen-bond donors (Lipinski definition) is 1. The number of aryl methyl sites for hydroxylation is 1. The van der Waals surface area contributed by atoms with Gasteiger partial charge >= 0.3 is 0 Å². The monoisotopic (exact) mass is 227 g/mol. The fourth-order valence-corrected chi connectivity index (χ4v) is 1.89. The van der Waals surface area contributed by atoms with Crippen LogP contribution in [0.3, 0.4) is 0 Å². The maximum absolute atomic E-state index is 13.2. The van der Waals surface area contributed by atoms with Crippen molar-refractivity contribution in [2.24, 2.45) is 0 Å². The van der Waals surface area contributed by atoms with Crippen LogP contribution in [0, 0.1) is 12.7 Å². The van der Waals surface area contributed by atoms with Gasteiger partial charge < -0.3 is 5.32 Å². The molecule has 0 aliphatic carbocycles. The molecule has 1 aromatic rings. The summed E-state index contributed by atoms with van der Waals surface area (Å²) in [6.45, 7) is 4.85. The van der Waals surface area contributed by atoms with Crippen LogP contribution < -0.4 is 5.32 Å². The van der Waals surface area contributed by atoms with E-state index in [1.165, 1.54) is 5.75 Å². The van der Waals surface area contributed by atoms with E-state index in [4.69, 9.17) is 0 Å². The second-order valence-electron chi connectivity index (χ2n) is 3.44. The Morgan fingerprint density at radius 2 is 2.20 bits per heavy atom. The summed E-state index contributed by atoms with van der Waals surface area (Å²) in [6.07, 6.45) is 1.12. The molecule has 0 radical (unpaired) electrons. The molecule has 15 heavy (non-hydrogen) atoms. The zero-order valence-electron chi connectivity index (χ0n) is 9.35. The van der Waals surface area contributed by atoms with Crippen molar-refractivity contribution in [3.63, 3.8) is 0 Å². The van der Waals surface area contributed by atoms with Crippen molar-refractivity contribution >= 4 is 17.4 Å². The third-order valence-electron chi connectivity index (χ3n) is 2.17. The summed E-state index contributed by atoms with van der Waals surface area (Å²) in [5.74, 6) is 2.19. The van der Waals surface area contributed by atoms with Crippen molar-refractivity contribution in [2.45, 2.75) is 20.3 Å². The van der Waals surface area contributed by atoms with Crippen molar-refractivity contribution in [2.75, 3.05) is 23.4 Å². The highest BCUT2D eigenvalue weighted by atomic mass is 32.2. The largest absolute Gasteiger partial charge is 0.385 e. The molecule has 0 amide bonds. The normalized spacial score (nSPS) is 10.3. The van der Waals surface area contributed by atoms with E-state index in [0.29, 0.717) is 5.56 Å². The molecule has 0 spiro atoms. The molecule has 0 atom stereocenters. The van der Waals surface area contributed by atoms with Gasteiger partial charge in [0.05, 0.1) is 0 Å². The molecule has 0 aromatic heterocycles.